The second kappa shape index (κ2) is 7.75. The van der Waals surface area contributed by atoms with Crippen LogP contribution in [0.1, 0.15) is 24.8 Å². The maximum absolute atomic E-state index is 12.5. The molecule has 1 aromatic heterocycles. The Labute approximate surface area is 141 Å². The number of carbonyl (C=O) groups is 1. The number of rotatable bonds is 4. The van der Waals surface area contributed by atoms with Crippen LogP contribution < -0.4 is 0 Å². The number of carbonyl (C=O) groups excluding carboxylic acids is 1. The topological polar surface area (TPSA) is 53.0 Å². The number of ether oxygens (including phenoxy) is 1. The predicted molar refractivity (Wildman–Crippen MR) is 90.6 cm³/mol. The average molecular weight is 338 g/mol. The molecule has 1 saturated carbocycles. The summed E-state index contributed by atoms with van der Waals surface area (Å²) in [6, 6.07) is 2.06. The van der Waals surface area contributed by atoms with Crippen LogP contribution >= 0.6 is 11.3 Å². The molecule has 2 aliphatic rings. The summed E-state index contributed by atoms with van der Waals surface area (Å²) in [5.74, 6) is 0.0927. The lowest BCUT2D eigenvalue weighted by Crippen LogP contribution is -2.58. The largest absolute Gasteiger partial charge is 0.389 e. The van der Waals surface area contributed by atoms with Gasteiger partial charge >= 0.3 is 0 Å². The molecule has 2 fully saturated rings. The molecule has 0 radical (unpaired) electrons. The van der Waals surface area contributed by atoms with Crippen LogP contribution in [0.25, 0.3) is 0 Å². The molecule has 1 saturated heterocycles. The van der Waals surface area contributed by atoms with Crippen LogP contribution in [0.2, 0.25) is 0 Å². The SMILES string of the molecule is CN(C(=O)Cc1ccsc1)[C@@H]1CCC[C@@H](N2CCOCC2)[C@@H]1O. The molecule has 1 N–H and O–H groups in total. The lowest BCUT2D eigenvalue weighted by molar-refractivity contribution is -0.137. The number of hydrogen-bond donors (Lipinski definition) is 1. The van der Waals surface area contributed by atoms with Gasteiger partial charge in [-0.3, -0.25) is 9.69 Å². The fourth-order valence-corrected chi connectivity index (χ4v) is 4.41. The summed E-state index contributed by atoms with van der Waals surface area (Å²) in [7, 11) is 1.84. The molecule has 3 atom stereocenters. The first-order valence-electron chi connectivity index (χ1n) is 8.43. The molecular weight excluding hydrogens is 312 g/mol. The number of likely N-dealkylation sites (N-methyl/N-ethyl adjacent to an activating group) is 1. The lowest BCUT2D eigenvalue weighted by atomic mass is 9.86. The molecule has 2 heterocycles. The van der Waals surface area contributed by atoms with Crippen LogP contribution in [0, 0.1) is 0 Å². The first kappa shape index (κ1) is 16.9. The van der Waals surface area contributed by atoms with E-state index in [2.05, 4.69) is 4.90 Å². The van der Waals surface area contributed by atoms with Gasteiger partial charge in [-0.2, -0.15) is 11.3 Å². The van der Waals surface area contributed by atoms with Crippen molar-refractivity contribution in [3.05, 3.63) is 22.4 Å². The van der Waals surface area contributed by atoms with Gasteiger partial charge in [0.1, 0.15) is 0 Å². The molecule has 1 aliphatic heterocycles. The average Bonchev–Trinajstić information content (AvgIpc) is 3.08. The number of hydrogen-bond acceptors (Lipinski definition) is 5. The van der Waals surface area contributed by atoms with E-state index in [1.165, 1.54) is 0 Å². The summed E-state index contributed by atoms with van der Waals surface area (Å²) in [6.45, 7) is 3.23. The standard InChI is InChI=1S/C17H26N2O3S/c1-18(16(20)11-13-5-10-23-12-13)14-3-2-4-15(17(14)21)19-6-8-22-9-7-19/h5,10,12,14-15,17,21H,2-4,6-9,11H2,1H3/t14-,15-,17-/m1/s1. The van der Waals surface area contributed by atoms with E-state index >= 15 is 0 Å². The molecule has 1 aliphatic carbocycles. The molecule has 0 aromatic carbocycles. The van der Waals surface area contributed by atoms with E-state index in [1.54, 1.807) is 16.2 Å². The maximum atomic E-state index is 12.5. The number of aliphatic hydroxyl groups excluding tert-OH is 1. The number of morpholine rings is 1. The van der Waals surface area contributed by atoms with Crippen molar-refractivity contribution in [1.82, 2.24) is 9.80 Å². The molecule has 1 aromatic rings. The van der Waals surface area contributed by atoms with Gasteiger partial charge in [0.25, 0.3) is 0 Å². The van der Waals surface area contributed by atoms with E-state index in [0.717, 1.165) is 51.1 Å². The van der Waals surface area contributed by atoms with Crippen LogP contribution in [0.4, 0.5) is 0 Å². The van der Waals surface area contributed by atoms with Gasteiger partial charge in [-0.1, -0.05) is 0 Å². The molecule has 0 bridgehead atoms. The monoisotopic (exact) mass is 338 g/mol. The quantitative estimate of drug-likeness (QED) is 0.901. The fourth-order valence-electron chi connectivity index (χ4n) is 3.74. The zero-order chi connectivity index (χ0) is 16.2. The molecule has 0 unspecified atom stereocenters. The third-order valence-electron chi connectivity index (χ3n) is 5.13. The third kappa shape index (κ3) is 3.94. The molecule has 128 valence electrons. The van der Waals surface area contributed by atoms with Crippen molar-refractivity contribution in [2.75, 3.05) is 33.4 Å². The van der Waals surface area contributed by atoms with Gasteiger partial charge in [-0.15, -0.1) is 0 Å². The summed E-state index contributed by atoms with van der Waals surface area (Å²) in [5.41, 5.74) is 1.06. The Bertz CT molecular complexity index is 502. The summed E-state index contributed by atoms with van der Waals surface area (Å²) < 4.78 is 5.41. The van der Waals surface area contributed by atoms with Crippen LogP contribution in [-0.4, -0.2) is 72.4 Å². The van der Waals surface area contributed by atoms with Crippen molar-refractivity contribution in [1.29, 1.82) is 0 Å². The van der Waals surface area contributed by atoms with Crippen molar-refractivity contribution in [2.45, 2.75) is 43.9 Å². The zero-order valence-electron chi connectivity index (χ0n) is 13.7. The van der Waals surface area contributed by atoms with E-state index in [-0.39, 0.29) is 18.0 Å². The van der Waals surface area contributed by atoms with Gasteiger partial charge in [-0.25, -0.2) is 0 Å². The Morgan fingerprint density at radius 1 is 1.43 bits per heavy atom. The van der Waals surface area contributed by atoms with Crippen molar-refractivity contribution < 1.29 is 14.6 Å². The van der Waals surface area contributed by atoms with E-state index in [9.17, 15) is 9.90 Å². The zero-order valence-corrected chi connectivity index (χ0v) is 14.5. The van der Waals surface area contributed by atoms with Gasteiger partial charge in [-0.05, 0) is 41.7 Å². The van der Waals surface area contributed by atoms with Crippen molar-refractivity contribution in [2.24, 2.45) is 0 Å². The number of amides is 1. The van der Waals surface area contributed by atoms with Crippen molar-refractivity contribution >= 4 is 17.2 Å². The van der Waals surface area contributed by atoms with Crippen LogP contribution in [-0.2, 0) is 16.0 Å². The summed E-state index contributed by atoms with van der Waals surface area (Å²) in [5, 5.41) is 14.9. The first-order valence-corrected chi connectivity index (χ1v) is 9.37. The van der Waals surface area contributed by atoms with Gasteiger partial charge in [0, 0.05) is 26.2 Å². The van der Waals surface area contributed by atoms with E-state index in [4.69, 9.17) is 4.74 Å². The highest BCUT2D eigenvalue weighted by Crippen LogP contribution is 2.27. The van der Waals surface area contributed by atoms with E-state index in [1.807, 2.05) is 23.9 Å². The molecule has 0 spiro atoms. The van der Waals surface area contributed by atoms with Gasteiger partial charge in [0.15, 0.2) is 0 Å². The van der Waals surface area contributed by atoms with E-state index < -0.39 is 6.10 Å². The number of aliphatic hydroxyl groups is 1. The van der Waals surface area contributed by atoms with Crippen LogP contribution in [0.15, 0.2) is 16.8 Å². The second-order valence-electron chi connectivity index (χ2n) is 6.52. The van der Waals surface area contributed by atoms with E-state index in [0.29, 0.717) is 6.42 Å². The minimum atomic E-state index is -0.474. The molecule has 23 heavy (non-hydrogen) atoms. The fraction of sp³-hybridized carbons (Fsp3) is 0.706. The predicted octanol–water partition coefficient (Wildman–Crippen LogP) is 1.36. The van der Waals surface area contributed by atoms with Crippen LogP contribution in [0.5, 0.6) is 0 Å². The summed E-state index contributed by atoms with van der Waals surface area (Å²) >= 11 is 1.61. The Balaban J connectivity index is 1.62. The smallest absolute Gasteiger partial charge is 0.227 e. The van der Waals surface area contributed by atoms with Crippen LogP contribution in [0.3, 0.4) is 0 Å². The van der Waals surface area contributed by atoms with Gasteiger partial charge in [0.05, 0.1) is 31.8 Å². The van der Waals surface area contributed by atoms with Gasteiger partial charge < -0.3 is 14.7 Å². The maximum Gasteiger partial charge on any atom is 0.227 e. The molecule has 3 rings (SSSR count). The molecule has 5 nitrogen and oxygen atoms in total. The lowest BCUT2D eigenvalue weighted by Gasteiger charge is -2.45. The number of thiophene rings is 1. The second-order valence-corrected chi connectivity index (χ2v) is 7.30. The summed E-state index contributed by atoms with van der Waals surface area (Å²) in [4.78, 5) is 16.6. The summed E-state index contributed by atoms with van der Waals surface area (Å²) in [6.07, 6.45) is 2.89. The highest BCUT2D eigenvalue weighted by atomic mass is 32.1. The molecule has 6 heteroatoms. The third-order valence-corrected chi connectivity index (χ3v) is 5.86. The highest BCUT2D eigenvalue weighted by molar-refractivity contribution is 7.07. The molecular formula is C17H26N2O3S. The first-order chi connectivity index (χ1) is 11.2. The molecule has 1 amide bonds. The Hall–Kier alpha value is -0.950. The van der Waals surface area contributed by atoms with Gasteiger partial charge in [0.2, 0.25) is 5.91 Å². The minimum absolute atomic E-state index is 0.0808. The Kier molecular flexibility index (Phi) is 5.69. The van der Waals surface area contributed by atoms with Crippen molar-refractivity contribution in [3.8, 4) is 0 Å². The Morgan fingerprint density at radius 3 is 2.91 bits per heavy atom. The normalized spacial score (nSPS) is 29.4. The number of nitrogens with zero attached hydrogens (tertiary/aromatic N) is 2. The Morgan fingerprint density at radius 2 is 2.22 bits per heavy atom. The minimum Gasteiger partial charge on any atom is -0.389 e. The van der Waals surface area contributed by atoms with Crippen molar-refractivity contribution in [3.63, 3.8) is 0 Å². The highest BCUT2D eigenvalue weighted by Gasteiger charge is 2.38.